The quantitative estimate of drug-likeness (QED) is 0.787. The Morgan fingerprint density at radius 3 is 2.67 bits per heavy atom. The maximum Gasteiger partial charge on any atom is 0.243 e. The van der Waals surface area contributed by atoms with Gasteiger partial charge in [-0.25, -0.2) is 13.4 Å². The number of allylic oxidation sites excluding steroid dienone is 1. The van der Waals surface area contributed by atoms with Crippen LogP contribution in [0.2, 0.25) is 0 Å². The molecule has 2 aromatic rings. The van der Waals surface area contributed by atoms with Crippen molar-refractivity contribution >= 4 is 27.5 Å². The Hall–Kier alpha value is -2.45. The van der Waals surface area contributed by atoms with Gasteiger partial charge in [-0.15, -0.1) is 0 Å². The zero-order valence-corrected chi connectivity index (χ0v) is 16.5. The highest BCUT2D eigenvalue weighted by Gasteiger charge is 2.26. The monoisotopic (exact) mass is 387 g/mol. The third-order valence-electron chi connectivity index (χ3n) is 4.35. The smallest absolute Gasteiger partial charge is 0.243 e. The second-order valence-electron chi connectivity index (χ2n) is 6.75. The van der Waals surface area contributed by atoms with E-state index in [1.807, 2.05) is 19.9 Å². The first kappa shape index (κ1) is 19.3. The molecule has 0 aliphatic carbocycles. The molecule has 1 aliphatic heterocycles. The van der Waals surface area contributed by atoms with Crippen molar-refractivity contribution in [3.05, 3.63) is 48.3 Å². The van der Waals surface area contributed by atoms with Crippen molar-refractivity contribution in [2.45, 2.75) is 38.0 Å². The summed E-state index contributed by atoms with van der Waals surface area (Å²) in [4.78, 5) is 8.94. The van der Waals surface area contributed by atoms with Crippen molar-refractivity contribution in [2.75, 3.05) is 23.7 Å². The van der Waals surface area contributed by atoms with Crippen molar-refractivity contribution in [3.63, 3.8) is 0 Å². The number of nitrogens with zero attached hydrogens (tertiary/aromatic N) is 3. The minimum atomic E-state index is -3.47. The minimum absolute atomic E-state index is 0.293. The van der Waals surface area contributed by atoms with Gasteiger partial charge in [-0.3, -0.25) is 0 Å². The van der Waals surface area contributed by atoms with Gasteiger partial charge in [-0.1, -0.05) is 19.1 Å². The summed E-state index contributed by atoms with van der Waals surface area (Å²) in [6.45, 7) is 8.67. The number of hydrogen-bond donors (Lipinski definition) is 2. The highest BCUT2D eigenvalue weighted by molar-refractivity contribution is 7.89. The van der Waals surface area contributed by atoms with E-state index in [-0.39, 0.29) is 0 Å². The first-order valence-corrected chi connectivity index (χ1v) is 10.4. The zero-order chi connectivity index (χ0) is 19.4. The number of hydrogen-bond acceptors (Lipinski definition) is 6. The molecule has 1 aromatic heterocycles. The third-order valence-corrected chi connectivity index (χ3v) is 6.24. The van der Waals surface area contributed by atoms with Crippen LogP contribution in [0.3, 0.4) is 0 Å². The van der Waals surface area contributed by atoms with Gasteiger partial charge in [-0.2, -0.15) is 9.29 Å². The molecule has 0 amide bonds. The van der Waals surface area contributed by atoms with Crippen LogP contribution in [-0.2, 0) is 10.0 Å². The largest absolute Gasteiger partial charge is 0.340 e. The first-order chi connectivity index (χ1) is 12.9. The number of anilines is 3. The Morgan fingerprint density at radius 1 is 1.22 bits per heavy atom. The fraction of sp³-hybridized carbons (Fsp3) is 0.368. The fourth-order valence-corrected chi connectivity index (χ4v) is 4.51. The SMILES string of the molecule is C=C(C)Nc1ncc(C)c(Nc2cccc(S(=O)(=O)N3CCCCC3)c2)n1. The van der Waals surface area contributed by atoms with E-state index in [0.717, 1.165) is 30.5 Å². The molecule has 1 aromatic carbocycles. The van der Waals surface area contributed by atoms with E-state index in [0.29, 0.717) is 35.4 Å². The van der Waals surface area contributed by atoms with Gasteiger partial charge in [0.15, 0.2) is 0 Å². The van der Waals surface area contributed by atoms with Crippen molar-refractivity contribution in [1.29, 1.82) is 0 Å². The van der Waals surface area contributed by atoms with E-state index >= 15 is 0 Å². The van der Waals surface area contributed by atoms with Crippen LogP contribution >= 0.6 is 0 Å². The Labute approximate surface area is 160 Å². The average molecular weight is 388 g/mol. The number of nitrogens with one attached hydrogen (secondary N) is 2. The van der Waals surface area contributed by atoms with Gasteiger partial charge in [0.05, 0.1) is 4.90 Å². The maximum atomic E-state index is 12.9. The zero-order valence-electron chi connectivity index (χ0n) is 15.7. The van der Waals surface area contributed by atoms with Gasteiger partial charge in [-0.05, 0) is 44.9 Å². The van der Waals surface area contributed by atoms with Crippen LogP contribution < -0.4 is 10.6 Å². The number of aryl methyl sites for hydroxylation is 1. The van der Waals surface area contributed by atoms with Crippen LogP contribution in [0.25, 0.3) is 0 Å². The van der Waals surface area contributed by atoms with Crippen LogP contribution in [-0.4, -0.2) is 35.8 Å². The van der Waals surface area contributed by atoms with Crippen LogP contribution in [0.4, 0.5) is 17.5 Å². The lowest BCUT2D eigenvalue weighted by molar-refractivity contribution is 0.346. The van der Waals surface area contributed by atoms with Gasteiger partial charge in [0, 0.05) is 36.2 Å². The van der Waals surface area contributed by atoms with E-state index in [9.17, 15) is 8.42 Å². The standard InChI is InChI=1S/C19H25N5O2S/c1-14(2)21-19-20-13-15(3)18(23-19)22-16-8-7-9-17(12-16)27(25,26)24-10-5-4-6-11-24/h7-9,12-13H,1,4-6,10-11H2,2-3H3,(H2,20,21,22,23). The lowest BCUT2D eigenvalue weighted by Crippen LogP contribution is -2.35. The normalized spacial score (nSPS) is 15.3. The van der Waals surface area contributed by atoms with Crippen LogP contribution in [0, 0.1) is 6.92 Å². The molecule has 2 N–H and O–H groups in total. The fourth-order valence-electron chi connectivity index (χ4n) is 2.95. The molecule has 0 saturated carbocycles. The van der Waals surface area contributed by atoms with Crippen LogP contribution in [0.1, 0.15) is 31.7 Å². The number of piperidine rings is 1. The molecular weight excluding hydrogens is 362 g/mol. The Kier molecular flexibility index (Phi) is 5.76. The number of rotatable bonds is 6. The number of sulfonamides is 1. The number of aromatic nitrogens is 2. The van der Waals surface area contributed by atoms with E-state index in [1.165, 1.54) is 0 Å². The summed E-state index contributed by atoms with van der Waals surface area (Å²) in [5.41, 5.74) is 2.25. The predicted octanol–water partition coefficient (Wildman–Crippen LogP) is 3.65. The first-order valence-electron chi connectivity index (χ1n) is 9.00. The molecule has 1 saturated heterocycles. The van der Waals surface area contributed by atoms with Gasteiger partial charge >= 0.3 is 0 Å². The maximum absolute atomic E-state index is 12.9. The Morgan fingerprint density at radius 2 is 1.96 bits per heavy atom. The molecular formula is C19H25N5O2S. The third kappa shape index (κ3) is 4.64. The summed E-state index contributed by atoms with van der Waals surface area (Å²) in [5.74, 6) is 1.05. The highest BCUT2D eigenvalue weighted by Crippen LogP contribution is 2.25. The van der Waals surface area contributed by atoms with Gasteiger partial charge in [0.25, 0.3) is 0 Å². The van der Waals surface area contributed by atoms with Crippen molar-refractivity contribution in [3.8, 4) is 0 Å². The molecule has 27 heavy (non-hydrogen) atoms. The van der Waals surface area contributed by atoms with Crippen molar-refractivity contribution < 1.29 is 8.42 Å². The molecule has 2 heterocycles. The summed E-state index contributed by atoms with van der Waals surface area (Å²) in [6, 6.07) is 6.85. The lowest BCUT2D eigenvalue weighted by Gasteiger charge is -2.26. The molecule has 0 bridgehead atoms. The van der Waals surface area contributed by atoms with Crippen molar-refractivity contribution in [2.24, 2.45) is 0 Å². The average Bonchev–Trinajstić information content (AvgIpc) is 2.65. The Balaban J connectivity index is 1.85. The molecule has 0 unspecified atom stereocenters. The molecule has 0 atom stereocenters. The second-order valence-corrected chi connectivity index (χ2v) is 8.69. The van der Waals surface area contributed by atoms with Gasteiger partial charge < -0.3 is 10.6 Å². The molecule has 7 nitrogen and oxygen atoms in total. The summed E-state index contributed by atoms with van der Waals surface area (Å²) in [5, 5.41) is 6.18. The molecule has 0 radical (unpaired) electrons. The lowest BCUT2D eigenvalue weighted by atomic mass is 10.2. The molecule has 144 valence electrons. The van der Waals surface area contributed by atoms with Crippen LogP contribution in [0.5, 0.6) is 0 Å². The summed E-state index contributed by atoms with van der Waals surface area (Å²) in [6.07, 6.45) is 4.61. The molecule has 8 heteroatoms. The summed E-state index contributed by atoms with van der Waals surface area (Å²) in [7, 11) is -3.47. The van der Waals surface area contributed by atoms with Gasteiger partial charge in [0.2, 0.25) is 16.0 Å². The second kappa shape index (κ2) is 8.06. The van der Waals surface area contributed by atoms with Crippen molar-refractivity contribution in [1.82, 2.24) is 14.3 Å². The molecule has 1 fully saturated rings. The molecule has 3 rings (SSSR count). The molecule has 0 spiro atoms. The highest BCUT2D eigenvalue weighted by atomic mass is 32.2. The van der Waals surface area contributed by atoms with E-state index in [1.54, 1.807) is 28.7 Å². The topological polar surface area (TPSA) is 87.2 Å². The predicted molar refractivity (Wildman–Crippen MR) is 108 cm³/mol. The summed E-state index contributed by atoms with van der Waals surface area (Å²) < 4.78 is 27.3. The van der Waals surface area contributed by atoms with E-state index in [2.05, 4.69) is 27.2 Å². The summed E-state index contributed by atoms with van der Waals surface area (Å²) >= 11 is 0. The van der Waals surface area contributed by atoms with Crippen LogP contribution in [0.15, 0.2) is 47.6 Å². The number of benzene rings is 1. The van der Waals surface area contributed by atoms with E-state index < -0.39 is 10.0 Å². The van der Waals surface area contributed by atoms with E-state index in [4.69, 9.17) is 0 Å². The minimum Gasteiger partial charge on any atom is -0.340 e. The Bertz CT molecular complexity index is 937. The van der Waals surface area contributed by atoms with Gasteiger partial charge in [0.1, 0.15) is 5.82 Å². The molecule has 1 aliphatic rings.